The molecule has 0 spiro atoms. The normalized spacial score (nSPS) is 11.7. The van der Waals surface area contributed by atoms with Gasteiger partial charge in [-0.1, -0.05) is 44.2 Å². The van der Waals surface area contributed by atoms with Gasteiger partial charge in [-0.15, -0.1) is 0 Å². The molecule has 0 bridgehead atoms. The summed E-state index contributed by atoms with van der Waals surface area (Å²) in [6.07, 6.45) is 0. The molecule has 0 aliphatic rings. The quantitative estimate of drug-likeness (QED) is 0.886. The standard InChI is InChI=1S/C18H25N3/c1-6-19-16-12-15(13(2)3)20-17(21-16)18(4,5)14-10-8-7-9-11-14/h7-13H,6H2,1-5H3,(H,19,20,21). The smallest absolute Gasteiger partial charge is 0.140 e. The molecule has 3 nitrogen and oxygen atoms in total. The molecule has 2 aromatic rings. The zero-order chi connectivity index (χ0) is 15.5. The first kappa shape index (κ1) is 15.5. The molecule has 1 aromatic heterocycles. The van der Waals surface area contributed by atoms with Gasteiger partial charge in [0.1, 0.15) is 11.6 Å². The maximum atomic E-state index is 4.81. The Bertz CT molecular complexity index is 589. The number of nitrogens with zero attached hydrogens (tertiary/aromatic N) is 2. The zero-order valence-corrected chi connectivity index (χ0v) is 13.6. The molecule has 3 heteroatoms. The van der Waals surface area contributed by atoms with Crippen LogP contribution in [0.1, 0.15) is 57.6 Å². The van der Waals surface area contributed by atoms with E-state index in [9.17, 15) is 0 Å². The molecule has 0 radical (unpaired) electrons. The molecule has 0 amide bonds. The highest BCUT2D eigenvalue weighted by atomic mass is 15.0. The molecular weight excluding hydrogens is 258 g/mol. The molecule has 0 fully saturated rings. The van der Waals surface area contributed by atoms with E-state index in [1.165, 1.54) is 5.56 Å². The van der Waals surface area contributed by atoms with Gasteiger partial charge in [0.2, 0.25) is 0 Å². The van der Waals surface area contributed by atoms with Crippen LogP contribution in [-0.4, -0.2) is 16.5 Å². The first-order chi connectivity index (χ1) is 9.95. The molecule has 21 heavy (non-hydrogen) atoms. The molecule has 0 aliphatic carbocycles. The van der Waals surface area contributed by atoms with Gasteiger partial charge in [0.25, 0.3) is 0 Å². The summed E-state index contributed by atoms with van der Waals surface area (Å²) in [6, 6.07) is 12.5. The Morgan fingerprint density at radius 2 is 1.76 bits per heavy atom. The van der Waals surface area contributed by atoms with Crippen molar-refractivity contribution in [3.63, 3.8) is 0 Å². The molecule has 2 rings (SSSR count). The maximum Gasteiger partial charge on any atom is 0.140 e. The van der Waals surface area contributed by atoms with Crippen molar-refractivity contribution >= 4 is 5.82 Å². The highest BCUT2D eigenvalue weighted by Crippen LogP contribution is 2.30. The van der Waals surface area contributed by atoms with Crippen molar-refractivity contribution in [1.82, 2.24) is 9.97 Å². The molecule has 0 atom stereocenters. The van der Waals surface area contributed by atoms with E-state index < -0.39 is 0 Å². The third-order valence-electron chi connectivity index (χ3n) is 3.75. The molecule has 1 aromatic carbocycles. The van der Waals surface area contributed by atoms with Crippen molar-refractivity contribution in [2.24, 2.45) is 0 Å². The second-order valence-corrected chi connectivity index (χ2v) is 6.18. The van der Waals surface area contributed by atoms with E-state index >= 15 is 0 Å². The number of nitrogens with one attached hydrogen (secondary N) is 1. The summed E-state index contributed by atoms with van der Waals surface area (Å²) in [6.45, 7) is 11.6. The molecule has 112 valence electrons. The number of hydrogen-bond acceptors (Lipinski definition) is 3. The Kier molecular flexibility index (Phi) is 4.61. The summed E-state index contributed by atoms with van der Waals surface area (Å²) in [5.41, 5.74) is 2.10. The molecule has 1 N–H and O–H groups in total. The summed E-state index contributed by atoms with van der Waals surface area (Å²) in [7, 11) is 0. The predicted octanol–water partition coefficient (Wildman–Crippen LogP) is 4.36. The van der Waals surface area contributed by atoms with Crippen LogP contribution in [-0.2, 0) is 5.41 Å². The van der Waals surface area contributed by atoms with E-state index in [2.05, 4.69) is 70.3 Å². The first-order valence-electron chi connectivity index (χ1n) is 7.64. The van der Waals surface area contributed by atoms with Crippen LogP contribution >= 0.6 is 0 Å². The van der Waals surface area contributed by atoms with E-state index in [1.54, 1.807) is 0 Å². The summed E-state index contributed by atoms with van der Waals surface area (Å²) in [5, 5.41) is 3.32. The third-order valence-corrected chi connectivity index (χ3v) is 3.75. The van der Waals surface area contributed by atoms with E-state index in [-0.39, 0.29) is 5.41 Å². The van der Waals surface area contributed by atoms with Crippen LogP contribution in [0.3, 0.4) is 0 Å². The van der Waals surface area contributed by atoms with E-state index in [0.29, 0.717) is 5.92 Å². The molecule has 0 saturated heterocycles. The Morgan fingerprint density at radius 1 is 1.10 bits per heavy atom. The van der Waals surface area contributed by atoms with Crippen LogP contribution in [0, 0.1) is 0 Å². The third kappa shape index (κ3) is 3.41. The lowest BCUT2D eigenvalue weighted by Gasteiger charge is -2.25. The summed E-state index contributed by atoms with van der Waals surface area (Å²) < 4.78 is 0. The molecule has 0 unspecified atom stereocenters. The summed E-state index contributed by atoms with van der Waals surface area (Å²) >= 11 is 0. The second kappa shape index (κ2) is 6.25. The lowest BCUT2D eigenvalue weighted by atomic mass is 9.83. The van der Waals surface area contributed by atoms with Crippen molar-refractivity contribution in [3.8, 4) is 0 Å². The highest BCUT2D eigenvalue weighted by molar-refractivity contribution is 5.40. The van der Waals surface area contributed by atoms with Gasteiger partial charge in [0.15, 0.2) is 0 Å². The lowest BCUT2D eigenvalue weighted by Crippen LogP contribution is -2.24. The van der Waals surface area contributed by atoms with Crippen LogP contribution in [0.25, 0.3) is 0 Å². The minimum atomic E-state index is -0.212. The van der Waals surface area contributed by atoms with Crippen molar-refractivity contribution in [2.45, 2.75) is 46.0 Å². The molecule has 0 aliphatic heterocycles. The van der Waals surface area contributed by atoms with Gasteiger partial charge in [0.05, 0.1) is 0 Å². The van der Waals surface area contributed by atoms with Gasteiger partial charge in [-0.25, -0.2) is 9.97 Å². The topological polar surface area (TPSA) is 37.8 Å². The van der Waals surface area contributed by atoms with Crippen LogP contribution in [0.15, 0.2) is 36.4 Å². The summed E-state index contributed by atoms with van der Waals surface area (Å²) in [4.78, 5) is 9.54. The first-order valence-corrected chi connectivity index (χ1v) is 7.64. The SMILES string of the molecule is CCNc1cc(C(C)C)nc(C(C)(C)c2ccccc2)n1. The fourth-order valence-corrected chi connectivity index (χ4v) is 2.30. The summed E-state index contributed by atoms with van der Waals surface area (Å²) in [5.74, 6) is 2.17. The number of anilines is 1. The highest BCUT2D eigenvalue weighted by Gasteiger charge is 2.27. The van der Waals surface area contributed by atoms with Gasteiger partial charge < -0.3 is 5.32 Å². The fourth-order valence-electron chi connectivity index (χ4n) is 2.30. The Balaban J connectivity index is 2.51. The van der Waals surface area contributed by atoms with Crippen LogP contribution in [0.2, 0.25) is 0 Å². The van der Waals surface area contributed by atoms with Gasteiger partial charge in [-0.3, -0.25) is 0 Å². The van der Waals surface area contributed by atoms with Gasteiger partial charge in [-0.05, 0) is 32.3 Å². The van der Waals surface area contributed by atoms with E-state index in [4.69, 9.17) is 9.97 Å². The number of rotatable bonds is 5. The van der Waals surface area contributed by atoms with Gasteiger partial charge in [0, 0.05) is 23.7 Å². The van der Waals surface area contributed by atoms with Crippen molar-refractivity contribution in [3.05, 3.63) is 53.5 Å². The Labute approximate surface area is 127 Å². The monoisotopic (exact) mass is 283 g/mol. The van der Waals surface area contributed by atoms with Crippen LogP contribution in [0.5, 0.6) is 0 Å². The molecule has 0 saturated carbocycles. The van der Waals surface area contributed by atoms with Crippen molar-refractivity contribution < 1.29 is 0 Å². The second-order valence-electron chi connectivity index (χ2n) is 6.18. The number of aromatic nitrogens is 2. The van der Waals surface area contributed by atoms with Gasteiger partial charge in [-0.2, -0.15) is 0 Å². The molecule has 1 heterocycles. The minimum Gasteiger partial charge on any atom is -0.370 e. The van der Waals surface area contributed by atoms with E-state index in [1.807, 2.05) is 6.07 Å². The fraction of sp³-hybridized carbons (Fsp3) is 0.444. The largest absolute Gasteiger partial charge is 0.370 e. The Hall–Kier alpha value is -1.90. The number of hydrogen-bond donors (Lipinski definition) is 1. The lowest BCUT2D eigenvalue weighted by molar-refractivity contribution is 0.582. The minimum absolute atomic E-state index is 0.212. The van der Waals surface area contributed by atoms with Crippen molar-refractivity contribution in [2.75, 3.05) is 11.9 Å². The van der Waals surface area contributed by atoms with Crippen molar-refractivity contribution in [1.29, 1.82) is 0 Å². The number of benzene rings is 1. The van der Waals surface area contributed by atoms with Gasteiger partial charge >= 0.3 is 0 Å². The van der Waals surface area contributed by atoms with Crippen LogP contribution in [0.4, 0.5) is 5.82 Å². The molecular formula is C18H25N3. The van der Waals surface area contributed by atoms with Crippen LogP contribution < -0.4 is 5.32 Å². The average Bonchev–Trinajstić information content (AvgIpc) is 2.48. The maximum absolute atomic E-state index is 4.81. The predicted molar refractivity (Wildman–Crippen MR) is 88.9 cm³/mol. The van der Waals surface area contributed by atoms with E-state index in [0.717, 1.165) is 23.9 Å². The Morgan fingerprint density at radius 3 is 2.33 bits per heavy atom. The average molecular weight is 283 g/mol. The zero-order valence-electron chi connectivity index (χ0n) is 13.6.